The molecule has 2 atom stereocenters. The van der Waals surface area contributed by atoms with Crippen molar-refractivity contribution in [1.29, 1.82) is 0 Å². The van der Waals surface area contributed by atoms with Crippen molar-refractivity contribution >= 4 is 27.1 Å². The van der Waals surface area contributed by atoms with Crippen LogP contribution in [-0.2, 0) is 27.8 Å². The fourth-order valence-corrected chi connectivity index (χ4v) is 7.63. The van der Waals surface area contributed by atoms with E-state index < -0.39 is 15.4 Å². The molecule has 1 unspecified atom stereocenters. The molecule has 1 aromatic heterocycles. The smallest absolute Gasteiger partial charge is 0.212 e. The van der Waals surface area contributed by atoms with Gasteiger partial charge in [-0.05, 0) is 43.9 Å². The van der Waals surface area contributed by atoms with Gasteiger partial charge in [-0.25, -0.2) is 18.1 Å². The molecule has 5 nitrogen and oxygen atoms in total. The van der Waals surface area contributed by atoms with Gasteiger partial charge < -0.3 is 0 Å². The predicted octanol–water partition coefficient (Wildman–Crippen LogP) is 3.22. The number of sulfonamides is 1. The molecule has 2 fully saturated rings. The van der Waals surface area contributed by atoms with Crippen LogP contribution < -0.4 is 4.72 Å². The number of aromatic nitrogens is 1. The molecule has 1 aromatic rings. The Balaban J connectivity index is 1.72. The minimum Gasteiger partial charge on any atom is -0.299 e. The summed E-state index contributed by atoms with van der Waals surface area (Å²) in [7, 11) is -3.52. The van der Waals surface area contributed by atoms with E-state index in [1.807, 2.05) is 6.92 Å². The maximum absolute atomic E-state index is 12.7. The second kappa shape index (κ2) is 6.43. The first-order valence-electron chi connectivity index (χ1n) is 9.07. The van der Waals surface area contributed by atoms with E-state index in [2.05, 4.69) is 30.5 Å². The van der Waals surface area contributed by atoms with Gasteiger partial charge in [-0.15, -0.1) is 11.3 Å². The monoisotopic (exact) mass is 384 g/mol. The molecular weight excluding hydrogens is 356 g/mol. The molecule has 0 aliphatic heterocycles. The summed E-state index contributed by atoms with van der Waals surface area (Å²) in [5.74, 6) is 0.385. The molecule has 2 bridgehead atoms. The molecule has 0 spiro atoms. The molecule has 0 amide bonds. The van der Waals surface area contributed by atoms with Gasteiger partial charge in [0, 0.05) is 23.3 Å². The molecule has 2 aliphatic carbocycles. The van der Waals surface area contributed by atoms with Gasteiger partial charge in [0.25, 0.3) is 0 Å². The third-order valence-electron chi connectivity index (χ3n) is 6.43. The third-order valence-corrected chi connectivity index (χ3v) is 9.10. The first kappa shape index (κ1) is 19.0. The fourth-order valence-electron chi connectivity index (χ4n) is 4.63. The second-order valence-electron chi connectivity index (χ2n) is 8.11. The van der Waals surface area contributed by atoms with Crippen LogP contribution in [0.25, 0.3) is 0 Å². The molecular formula is C18H28N2O3S2. The summed E-state index contributed by atoms with van der Waals surface area (Å²) >= 11 is 1.58. The summed E-state index contributed by atoms with van der Waals surface area (Å²) in [4.78, 5) is 18.0. The number of Topliss-reactive ketones (excluding diaryl/α,β-unsaturated/α-hetero) is 1. The highest BCUT2D eigenvalue weighted by Crippen LogP contribution is 2.64. The minimum absolute atomic E-state index is 0.0813. The van der Waals surface area contributed by atoms with Crippen LogP contribution in [0.5, 0.6) is 0 Å². The lowest BCUT2D eigenvalue weighted by Crippen LogP contribution is -2.45. The Hall–Kier alpha value is -0.790. The summed E-state index contributed by atoms with van der Waals surface area (Å²) in [5.41, 5.74) is -0.0415. The zero-order chi connectivity index (χ0) is 18.5. The van der Waals surface area contributed by atoms with Crippen molar-refractivity contribution in [3.63, 3.8) is 0 Å². The molecule has 1 N–H and O–H groups in total. The van der Waals surface area contributed by atoms with E-state index in [0.717, 1.165) is 34.8 Å². The number of hydrogen-bond donors (Lipinski definition) is 1. The van der Waals surface area contributed by atoms with E-state index in [-0.39, 0.29) is 23.5 Å². The predicted molar refractivity (Wildman–Crippen MR) is 100 cm³/mol. The van der Waals surface area contributed by atoms with E-state index in [0.29, 0.717) is 18.8 Å². The van der Waals surface area contributed by atoms with Gasteiger partial charge in [0.15, 0.2) is 0 Å². The number of carbonyl (C=O) groups is 1. The van der Waals surface area contributed by atoms with Crippen molar-refractivity contribution in [3.05, 3.63) is 15.6 Å². The lowest BCUT2D eigenvalue weighted by atomic mass is 9.70. The van der Waals surface area contributed by atoms with Gasteiger partial charge in [-0.1, -0.05) is 20.8 Å². The van der Waals surface area contributed by atoms with Crippen LogP contribution in [-0.4, -0.2) is 24.9 Å². The summed E-state index contributed by atoms with van der Waals surface area (Å²) < 4.78 is 28.2. The van der Waals surface area contributed by atoms with Crippen LogP contribution in [0.1, 0.15) is 62.0 Å². The fraction of sp³-hybridized carbons (Fsp3) is 0.778. The number of aryl methyl sites for hydroxylation is 2. The number of fused-ring (bicyclic) bond motifs is 2. The lowest BCUT2D eigenvalue weighted by Gasteiger charge is -2.36. The zero-order valence-corrected chi connectivity index (χ0v) is 17.1. The molecule has 0 saturated heterocycles. The van der Waals surface area contributed by atoms with Crippen molar-refractivity contribution in [2.75, 3.05) is 5.75 Å². The highest BCUT2D eigenvalue weighted by Gasteiger charge is 2.65. The molecule has 2 saturated carbocycles. The van der Waals surface area contributed by atoms with E-state index in [4.69, 9.17) is 0 Å². The summed E-state index contributed by atoms with van der Waals surface area (Å²) in [5, 5.41) is 1.05. The summed E-state index contributed by atoms with van der Waals surface area (Å²) in [6, 6.07) is 0. The van der Waals surface area contributed by atoms with Crippen molar-refractivity contribution in [2.45, 2.75) is 66.3 Å². The van der Waals surface area contributed by atoms with Gasteiger partial charge in [-0.3, -0.25) is 4.79 Å². The van der Waals surface area contributed by atoms with Gasteiger partial charge in [0.2, 0.25) is 10.0 Å². The maximum atomic E-state index is 12.7. The van der Waals surface area contributed by atoms with E-state index >= 15 is 0 Å². The normalized spacial score (nSPS) is 28.0. The topological polar surface area (TPSA) is 76.1 Å². The summed E-state index contributed by atoms with van der Waals surface area (Å²) in [6.07, 6.45) is 4.15. The number of ketones is 1. The SMILES string of the molecule is CCCc1nc(C)c(CNS(=O)(=O)C[C@]23CCC(CC2=O)C3(C)C)s1. The second-order valence-corrected chi connectivity index (χ2v) is 11.1. The molecule has 7 heteroatoms. The van der Waals surface area contributed by atoms with E-state index in [1.54, 1.807) is 11.3 Å². The molecule has 1 heterocycles. The average molecular weight is 385 g/mol. The quantitative estimate of drug-likeness (QED) is 0.783. The number of hydrogen-bond acceptors (Lipinski definition) is 5. The Morgan fingerprint density at radius 3 is 2.64 bits per heavy atom. The van der Waals surface area contributed by atoms with Crippen molar-refractivity contribution in [3.8, 4) is 0 Å². The van der Waals surface area contributed by atoms with Crippen LogP contribution in [0, 0.1) is 23.7 Å². The number of thiazole rings is 1. The zero-order valence-electron chi connectivity index (χ0n) is 15.5. The van der Waals surface area contributed by atoms with E-state index in [9.17, 15) is 13.2 Å². The molecule has 3 rings (SSSR count). The first-order valence-corrected chi connectivity index (χ1v) is 11.5. The highest BCUT2D eigenvalue weighted by molar-refractivity contribution is 7.89. The van der Waals surface area contributed by atoms with Crippen LogP contribution in [0.4, 0.5) is 0 Å². The minimum atomic E-state index is -3.52. The van der Waals surface area contributed by atoms with Crippen molar-refractivity contribution in [2.24, 2.45) is 16.7 Å². The van der Waals surface area contributed by atoms with E-state index in [1.165, 1.54) is 0 Å². The van der Waals surface area contributed by atoms with Crippen LogP contribution >= 0.6 is 11.3 Å². The molecule has 2 aliphatic rings. The number of rotatable bonds is 7. The van der Waals surface area contributed by atoms with Crippen LogP contribution in [0.3, 0.4) is 0 Å². The van der Waals surface area contributed by atoms with Gasteiger partial charge in [0.1, 0.15) is 5.78 Å². The number of nitrogens with one attached hydrogen (secondary N) is 1. The molecule has 0 radical (unpaired) electrons. The summed E-state index contributed by atoms with van der Waals surface area (Å²) in [6.45, 7) is 8.42. The average Bonchev–Trinajstić information content (AvgIpc) is 3.03. The first-order chi connectivity index (χ1) is 11.6. The molecule has 140 valence electrons. The van der Waals surface area contributed by atoms with Crippen LogP contribution in [0.2, 0.25) is 0 Å². The standard InChI is InChI=1S/C18H28N2O3S2/c1-5-6-16-20-12(2)14(24-16)10-19-25(22,23)11-18-8-7-13(9-15(18)21)17(18,3)4/h13,19H,5-11H2,1-4H3/t13?,18-/m1/s1. The molecule has 25 heavy (non-hydrogen) atoms. The van der Waals surface area contributed by atoms with Gasteiger partial charge in [-0.2, -0.15) is 0 Å². The van der Waals surface area contributed by atoms with Gasteiger partial charge >= 0.3 is 0 Å². The van der Waals surface area contributed by atoms with Crippen molar-refractivity contribution in [1.82, 2.24) is 9.71 Å². The largest absolute Gasteiger partial charge is 0.299 e. The number of carbonyl (C=O) groups excluding carboxylic acids is 1. The maximum Gasteiger partial charge on any atom is 0.212 e. The van der Waals surface area contributed by atoms with Gasteiger partial charge in [0.05, 0.1) is 16.5 Å². The Labute approximate surface area is 154 Å². The molecule has 0 aromatic carbocycles. The van der Waals surface area contributed by atoms with Crippen LogP contribution in [0.15, 0.2) is 0 Å². The lowest BCUT2D eigenvalue weighted by molar-refractivity contribution is -0.128. The number of nitrogens with zero attached hydrogens (tertiary/aromatic N) is 1. The Morgan fingerprint density at radius 1 is 1.36 bits per heavy atom. The highest BCUT2D eigenvalue weighted by atomic mass is 32.2. The Bertz CT molecular complexity index is 782. The Morgan fingerprint density at radius 2 is 2.08 bits per heavy atom. The third kappa shape index (κ3) is 3.19. The van der Waals surface area contributed by atoms with Crippen molar-refractivity contribution < 1.29 is 13.2 Å². The Kier molecular flexibility index (Phi) is 4.88.